The third-order valence-electron chi connectivity index (χ3n) is 3.94. The van der Waals surface area contributed by atoms with Crippen LogP contribution in [0.3, 0.4) is 0 Å². The van der Waals surface area contributed by atoms with Crippen molar-refractivity contribution < 1.29 is 22.2 Å². The van der Waals surface area contributed by atoms with Gasteiger partial charge in [-0.3, -0.25) is 9.59 Å². The molecule has 0 aliphatic carbocycles. The fraction of sp³-hybridized carbons (Fsp3) is 0.211. The van der Waals surface area contributed by atoms with Crippen molar-refractivity contribution in [2.75, 3.05) is 0 Å². The van der Waals surface area contributed by atoms with Crippen molar-refractivity contribution in [2.45, 2.75) is 31.0 Å². The summed E-state index contributed by atoms with van der Waals surface area (Å²) in [5.74, 6) is -0.609. The summed E-state index contributed by atoms with van der Waals surface area (Å²) in [6, 6.07) is 12.8. The quantitative estimate of drug-likeness (QED) is 0.744. The number of nitrogens with zero attached hydrogens (tertiary/aromatic N) is 2. The van der Waals surface area contributed by atoms with Crippen molar-refractivity contribution in [2.24, 2.45) is 5.10 Å². The third kappa shape index (κ3) is 4.77. The minimum atomic E-state index is -4.07. The summed E-state index contributed by atoms with van der Waals surface area (Å²) in [7, 11) is -4.07. The van der Waals surface area contributed by atoms with Gasteiger partial charge < -0.3 is 9.50 Å². The zero-order valence-corrected chi connectivity index (χ0v) is 17.6. The van der Waals surface area contributed by atoms with Gasteiger partial charge in [0.1, 0.15) is 16.0 Å². The van der Waals surface area contributed by atoms with Gasteiger partial charge in [0.2, 0.25) is 11.8 Å². The van der Waals surface area contributed by atoms with E-state index in [0.717, 1.165) is 17.3 Å². The molecular formula is C19H19N3O5S2. The highest BCUT2D eigenvalue weighted by Crippen LogP contribution is 2.43. The molecule has 0 spiro atoms. The second-order valence-electron chi connectivity index (χ2n) is 6.31. The molecule has 0 radical (unpaired) electrons. The summed E-state index contributed by atoms with van der Waals surface area (Å²) in [6.45, 7) is 4.52. The maximum absolute atomic E-state index is 12.7. The SMILES string of the molecule is CC(=O)NC1=NN(C(C)=O)C(c2ccccc2OS(=O)(=O)c2ccc(C)cc2)S1. The van der Waals surface area contributed by atoms with E-state index in [1.54, 1.807) is 30.3 Å². The highest BCUT2D eigenvalue weighted by molar-refractivity contribution is 8.14. The predicted octanol–water partition coefficient (Wildman–Crippen LogP) is 2.76. The lowest BCUT2D eigenvalue weighted by Crippen LogP contribution is -2.25. The van der Waals surface area contributed by atoms with Crippen LogP contribution in [0.1, 0.15) is 30.3 Å². The molecule has 0 saturated heterocycles. The Bertz CT molecular complexity index is 1080. The molecule has 0 bridgehead atoms. The average molecular weight is 434 g/mol. The number of hydrogen-bond donors (Lipinski definition) is 1. The van der Waals surface area contributed by atoms with Gasteiger partial charge in [0, 0.05) is 19.4 Å². The van der Waals surface area contributed by atoms with E-state index in [1.165, 1.54) is 37.1 Å². The molecule has 29 heavy (non-hydrogen) atoms. The van der Waals surface area contributed by atoms with Crippen molar-refractivity contribution in [3.63, 3.8) is 0 Å². The molecule has 10 heteroatoms. The van der Waals surface area contributed by atoms with E-state index in [0.29, 0.717) is 5.56 Å². The smallest absolute Gasteiger partial charge is 0.339 e. The van der Waals surface area contributed by atoms with Crippen molar-refractivity contribution in [3.05, 3.63) is 59.7 Å². The number of benzene rings is 2. The number of thioether (sulfide) groups is 1. The number of nitrogens with one attached hydrogen (secondary N) is 1. The maximum atomic E-state index is 12.7. The number of amides is 2. The van der Waals surface area contributed by atoms with Gasteiger partial charge in [-0.25, -0.2) is 5.01 Å². The Kier molecular flexibility index (Phi) is 5.94. The first-order valence-electron chi connectivity index (χ1n) is 8.60. The average Bonchev–Trinajstić information content (AvgIpc) is 3.05. The molecule has 1 atom stereocenters. The van der Waals surface area contributed by atoms with Crippen molar-refractivity contribution in [3.8, 4) is 5.75 Å². The molecule has 1 heterocycles. The Morgan fingerprint density at radius 3 is 2.38 bits per heavy atom. The summed E-state index contributed by atoms with van der Waals surface area (Å²) < 4.78 is 30.8. The van der Waals surface area contributed by atoms with Crippen LogP contribution in [0.5, 0.6) is 5.75 Å². The number of aryl methyl sites for hydroxylation is 1. The van der Waals surface area contributed by atoms with E-state index >= 15 is 0 Å². The number of hydrogen-bond acceptors (Lipinski definition) is 7. The number of carbonyl (C=O) groups is 2. The van der Waals surface area contributed by atoms with Crippen molar-refractivity contribution in [1.82, 2.24) is 10.3 Å². The van der Waals surface area contributed by atoms with Crippen LogP contribution in [0.25, 0.3) is 0 Å². The second kappa shape index (κ2) is 8.26. The third-order valence-corrected chi connectivity index (χ3v) is 6.28. The lowest BCUT2D eigenvalue weighted by atomic mass is 10.2. The summed E-state index contributed by atoms with van der Waals surface area (Å²) in [5.41, 5.74) is 1.36. The lowest BCUT2D eigenvalue weighted by Gasteiger charge is -2.21. The molecule has 0 aromatic heterocycles. The first-order valence-corrected chi connectivity index (χ1v) is 10.9. The molecule has 0 saturated carbocycles. The van der Waals surface area contributed by atoms with Crippen LogP contribution in [0.2, 0.25) is 0 Å². The van der Waals surface area contributed by atoms with E-state index in [9.17, 15) is 18.0 Å². The monoisotopic (exact) mass is 433 g/mol. The standard InChI is InChI=1S/C19H19N3O5S2/c1-12-8-10-15(11-9-12)29(25,26)27-17-7-5-4-6-16(17)18-22(14(3)24)21-19(28-18)20-13(2)23/h4-11,18H,1-3H3,(H,20,21,23). The molecule has 1 unspecified atom stereocenters. The van der Waals surface area contributed by atoms with Crippen LogP contribution in [-0.2, 0) is 19.7 Å². The molecule has 3 rings (SSSR count). The van der Waals surface area contributed by atoms with Crippen LogP contribution in [-0.4, -0.2) is 30.4 Å². The summed E-state index contributed by atoms with van der Waals surface area (Å²) in [5, 5.41) is 7.40. The normalized spacial score (nSPS) is 16.3. The first kappa shape index (κ1) is 20.9. The topological polar surface area (TPSA) is 105 Å². The molecule has 0 fully saturated rings. The number of carbonyl (C=O) groups excluding carboxylic acids is 2. The minimum absolute atomic E-state index is 0.0237. The Labute approximate surface area is 173 Å². The Balaban J connectivity index is 1.94. The van der Waals surface area contributed by atoms with Gasteiger partial charge in [-0.15, -0.1) is 5.10 Å². The molecule has 8 nitrogen and oxygen atoms in total. The van der Waals surface area contributed by atoms with Gasteiger partial charge in [0.25, 0.3) is 0 Å². The van der Waals surface area contributed by atoms with Crippen LogP contribution >= 0.6 is 11.8 Å². The summed E-state index contributed by atoms with van der Waals surface area (Å²) in [6.07, 6.45) is 0. The fourth-order valence-corrected chi connectivity index (χ4v) is 4.72. The van der Waals surface area contributed by atoms with Crippen LogP contribution < -0.4 is 9.50 Å². The largest absolute Gasteiger partial charge is 0.379 e. The Hall–Kier alpha value is -2.85. The van der Waals surface area contributed by atoms with E-state index < -0.39 is 15.5 Å². The second-order valence-corrected chi connectivity index (χ2v) is 8.92. The summed E-state index contributed by atoms with van der Waals surface area (Å²) >= 11 is 1.11. The van der Waals surface area contributed by atoms with Crippen LogP contribution in [0.4, 0.5) is 0 Å². The fourth-order valence-electron chi connectivity index (χ4n) is 2.60. The van der Waals surface area contributed by atoms with Crippen molar-refractivity contribution >= 4 is 38.9 Å². The van der Waals surface area contributed by atoms with Gasteiger partial charge in [-0.05, 0) is 25.1 Å². The molecule has 2 aromatic carbocycles. The molecular weight excluding hydrogens is 414 g/mol. The summed E-state index contributed by atoms with van der Waals surface area (Å²) in [4.78, 5) is 23.4. The lowest BCUT2D eigenvalue weighted by molar-refractivity contribution is -0.129. The molecule has 1 N–H and O–H groups in total. The van der Waals surface area contributed by atoms with Gasteiger partial charge in [-0.2, -0.15) is 8.42 Å². The van der Waals surface area contributed by atoms with Gasteiger partial charge in [0.05, 0.1) is 0 Å². The van der Waals surface area contributed by atoms with Gasteiger partial charge in [0.15, 0.2) is 5.17 Å². The zero-order chi connectivity index (χ0) is 21.2. The molecule has 2 aromatic rings. The number of hydrazone groups is 1. The molecule has 1 aliphatic rings. The maximum Gasteiger partial charge on any atom is 0.339 e. The van der Waals surface area contributed by atoms with E-state index in [1.807, 2.05) is 6.92 Å². The highest BCUT2D eigenvalue weighted by Gasteiger charge is 2.35. The van der Waals surface area contributed by atoms with Crippen LogP contribution in [0, 0.1) is 6.92 Å². The van der Waals surface area contributed by atoms with Gasteiger partial charge in [-0.1, -0.05) is 47.7 Å². The highest BCUT2D eigenvalue weighted by atomic mass is 32.2. The predicted molar refractivity (Wildman–Crippen MR) is 110 cm³/mol. The van der Waals surface area contributed by atoms with Crippen LogP contribution in [0.15, 0.2) is 58.5 Å². The first-order chi connectivity index (χ1) is 13.7. The minimum Gasteiger partial charge on any atom is -0.379 e. The Morgan fingerprint density at radius 2 is 1.76 bits per heavy atom. The molecule has 152 valence electrons. The van der Waals surface area contributed by atoms with E-state index in [2.05, 4.69) is 10.4 Å². The number of para-hydroxylation sites is 1. The van der Waals surface area contributed by atoms with Crippen molar-refractivity contribution in [1.29, 1.82) is 0 Å². The Morgan fingerprint density at radius 1 is 1.10 bits per heavy atom. The van der Waals surface area contributed by atoms with E-state index in [-0.39, 0.29) is 27.6 Å². The number of amidine groups is 1. The molecule has 1 aliphatic heterocycles. The van der Waals surface area contributed by atoms with Gasteiger partial charge >= 0.3 is 10.1 Å². The number of rotatable bonds is 4. The van der Waals surface area contributed by atoms with E-state index in [4.69, 9.17) is 4.18 Å². The zero-order valence-electron chi connectivity index (χ0n) is 15.9. The molecule has 2 amide bonds.